The molecule has 17 heavy (non-hydrogen) atoms. The van der Waals surface area contributed by atoms with Crippen molar-refractivity contribution in [2.75, 3.05) is 0 Å². The Labute approximate surface area is 102 Å². The summed E-state index contributed by atoms with van der Waals surface area (Å²) in [7, 11) is 0. The summed E-state index contributed by atoms with van der Waals surface area (Å²) in [4.78, 5) is 0. The van der Waals surface area contributed by atoms with Crippen LogP contribution in [0.15, 0.2) is 73.3 Å². The minimum atomic E-state index is 0.0137. The number of hydrogen-bond acceptors (Lipinski definition) is 1. The van der Waals surface area contributed by atoms with Gasteiger partial charge in [-0.3, -0.25) is 0 Å². The number of hydrogen-bond donors (Lipinski definition) is 0. The van der Waals surface area contributed by atoms with Gasteiger partial charge in [-0.05, 0) is 17.7 Å². The zero-order valence-corrected chi connectivity index (χ0v) is 9.75. The first-order valence-electron chi connectivity index (χ1n) is 5.76. The van der Waals surface area contributed by atoms with E-state index in [9.17, 15) is 0 Å². The summed E-state index contributed by atoms with van der Waals surface area (Å²) in [6.45, 7) is 3.83. The van der Waals surface area contributed by atoms with Crippen LogP contribution >= 0.6 is 0 Å². The average Bonchev–Trinajstić information content (AvgIpc) is 2.40. The normalized spacial score (nSPS) is 11.8. The highest BCUT2D eigenvalue weighted by molar-refractivity contribution is 5.23. The monoisotopic (exact) mass is 224 g/mol. The first kappa shape index (κ1) is 11.5. The van der Waals surface area contributed by atoms with Crippen LogP contribution in [0.2, 0.25) is 0 Å². The van der Waals surface area contributed by atoms with Gasteiger partial charge in [-0.25, -0.2) is 0 Å². The summed E-state index contributed by atoms with van der Waals surface area (Å²) in [6.07, 6.45) is 2.71. The van der Waals surface area contributed by atoms with Crippen LogP contribution in [0.5, 0.6) is 5.75 Å². The molecule has 0 spiro atoms. The summed E-state index contributed by atoms with van der Waals surface area (Å²) in [5, 5.41) is 0. The molecular formula is C16H16O. The smallest absolute Gasteiger partial charge is 0.121 e. The van der Waals surface area contributed by atoms with Crippen molar-refractivity contribution in [1.82, 2.24) is 0 Å². The molecule has 0 aliphatic heterocycles. The molecule has 86 valence electrons. The van der Waals surface area contributed by atoms with Crippen molar-refractivity contribution in [2.45, 2.75) is 12.5 Å². The Kier molecular flexibility index (Phi) is 3.98. The van der Waals surface area contributed by atoms with Crippen molar-refractivity contribution in [3.8, 4) is 5.75 Å². The largest absolute Gasteiger partial charge is 0.486 e. The lowest BCUT2D eigenvalue weighted by molar-refractivity contribution is 0.250. The van der Waals surface area contributed by atoms with E-state index < -0.39 is 0 Å². The van der Waals surface area contributed by atoms with E-state index in [-0.39, 0.29) is 6.10 Å². The van der Waals surface area contributed by atoms with Gasteiger partial charge in [-0.2, -0.15) is 0 Å². The Bertz CT molecular complexity index is 406. The summed E-state index contributed by atoms with van der Waals surface area (Å²) in [5.74, 6) is 0.883. The lowest BCUT2D eigenvalue weighted by Crippen LogP contribution is -2.16. The van der Waals surface area contributed by atoms with Crippen molar-refractivity contribution in [3.63, 3.8) is 0 Å². The van der Waals surface area contributed by atoms with Gasteiger partial charge in [0.25, 0.3) is 0 Å². The van der Waals surface area contributed by atoms with Crippen LogP contribution in [-0.2, 0) is 6.42 Å². The number of para-hydroxylation sites is 1. The van der Waals surface area contributed by atoms with Gasteiger partial charge in [0, 0.05) is 6.42 Å². The predicted molar refractivity (Wildman–Crippen MR) is 71.2 cm³/mol. The van der Waals surface area contributed by atoms with Gasteiger partial charge in [0.1, 0.15) is 11.9 Å². The Hall–Kier alpha value is -2.02. The van der Waals surface area contributed by atoms with E-state index in [4.69, 9.17) is 4.74 Å². The number of benzene rings is 2. The van der Waals surface area contributed by atoms with E-state index in [1.807, 2.05) is 54.6 Å². The quantitative estimate of drug-likeness (QED) is 0.701. The van der Waals surface area contributed by atoms with Crippen LogP contribution in [0, 0.1) is 0 Å². The first-order chi connectivity index (χ1) is 8.38. The van der Waals surface area contributed by atoms with Crippen molar-refractivity contribution in [2.24, 2.45) is 0 Å². The van der Waals surface area contributed by atoms with Crippen molar-refractivity contribution < 1.29 is 4.74 Å². The topological polar surface area (TPSA) is 9.23 Å². The molecule has 0 saturated carbocycles. The third kappa shape index (κ3) is 3.49. The van der Waals surface area contributed by atoms with Crippen molar-refractivity contribution >= 4 is 0 Å². The first-order valence-corrected chi connectivity index (χ1v) is 5.76. The molecular weight excluding hydrogens is 208 g/mol. The Morgan fingerprint density at radius 1 is 0.941 bits per heavy atom. The molecule has 2 aromatic rings. The van der Waals surface area contributed by atoms with Gasteiger partial charge < -0.3 is 4.74 Å². The van der Waals surface area contributed by atoms with Gasteiger partial charge in [0.15, 0.2) is 0 Å². The standard InChI is InChI=1S/C16H16O/c1-2-15(13-14-9-5-3-6-10-14)17-16-11-7-4-8-12-16/h2-12,15H,1,13H2. The molecule has 0 bridgehead atoms. The Morgan fingerprint density at radius 2 is 1.53 bits per heavy atom. The van der Waals surface area contributed by atoms with Crippen LogP contribution in [0.4, 0.5) is 0 Å². The molecule has 1 atom stereocenters. The molecule has 0 amide bonds. The maximum Gasteiger partial charge on any atom is 0.121 e. The molecule has 1 unspecified atom stereocenters. The second-order valence-corrected chi connectivity index (χ2v) is 3.89. The molecule has 0 fully saturated rings. The second kappa shape index (κ2) is 5.90. The highest BCUT2D eigenvalue weighted by atomic mass is 16.5. The molecule has 0 N–H and O–H groups in total. The highest BCUT2D eigenvalue weighted by Gasteiger charge is 2.06. The van der Waals surface area contributed by atoms with E-state index in [0.29, 0.717) is 0 Å². The number of ether oxygens (including phenoxy) is 1. The zero-order valence-electron chi connectivity index (χ0n) is 9.75. The lowest BCUT2D eigenvalue weighted by atomic mass is 10.1. The fraction of sp³-hybridized carbons (Fsp3) is 0.125. The molecule has 0 radical (unpaired) electrons. The summed E-state index contributed by atoms with van der Waals surface area (Å²) in [5.41, 5.74) is 1.26. The van der Waals surface area contributed by atoms with Crippen molar-refractivity contribution in [1.29, 1.82) is 0 Å². The summed E-state index contributed by atoms with van der Waals surface area (Å²) >= 11 is 0. The summed E-state index contributed by atoms with van der Waals surface area (Å²) < 4.78 is 5.85. The zero-order chi connectivity index (χ0) is 11.9. The fourth-order valence-corrected chi connectivity index (χ4v) is 1.69. The van der Waals surface area contributed by atoms with Gasteiger partial charge in [-0.15, -0.1) is 0 Å². The molecule has 2 aromatic carbocycles. The second-order valence-electron chi connectivity index (χ2n) is 3.89. The van der Waals surface area contributed by atoms with Crippen LogP contribution < -0.4 is 4.74 Å². The minimum absolute atomic E-state index is 0.0137. The van der Waals surface area contributed by atoms with Gasteiger partial charge in [0.2, 0.25) is 0 Å². The molecule has 0 aliphatic carbocycles. The predicted octanol–water partition coefficient (Wildman–Crippen LogP) is 3.86. The van der Waals surface area contributed by atoms with Gasteiger partial charge in [-0.1, -0.05) is 61.2 Å². The van der Waals surface area contributed by atoms with E-state index >= 15 is 0 Å². The number of rotatable bonds is 5. The Morgan fingerprint density at radius 3 is 2.12 bits per heavy atom. The van der Waals surface area contributed by atoms with Crippen LogP contribution in [0.1, 0.15) is 5.56 Å². The molecule has 1 nitrogen and oxygen atoms in total. The Balaban J connectivity index is 2.01. The van der Waals surface area contributed by atoms with Gasteiger partial charge >= 0.3 is 0 Å². The third-order valence-corrected chi connectivity index (χ3v) is 2.57. The van der Waals surface area contributed by atoms with Crippen LogP contribution in [0.25, 0.3) is 0 Å². The van der Waals surface area contributed by atoms with Gasteiger partial charge in [0.05, 0.1) is 0 Å². The lowest BCUT2D eigenvalue weighted by Gasteiger charge is -2.15. The van der Waals surface area contributed by atoms with Crippen LogP contribution in [0.3, 0.4) is 0 Å². The highest BCUT2D eigenvalue weighted by Crippen LogP contribution is 2.14. The fourth-order valence-electron chi connectivity index (χ4n) is 1.69. The molecule has 0 aromatic heterocycles. The van der Waals surface area contributed by atoms with E-state index in [1.54, 1.807) is 0 Å². The molecule has 2 rings (SSSR count). The van der Waals surface area contributed by atoms with Crippen LogP contribution in [-0.4, -0.2) is 6.10 Å². The SMILES string of the molecule is C=CC(Cc1ccccc1)Oc1ccccc1. The average molecular weight is 224 g/mol. The molecule has 1 heteroatoms. The van der Waals surface area contributed by atoms with Crippen molar-refractivity contribution in [3.05, 3.63) is 78.9 Å². The molecule has 0 heterocycles. The minimum Gasteiger partial charge on any atom is -0.486 e. The van der Waals surface area contributed by atoms with E-state index in [0.717, 1.165) is 12.2 Å². The maximum absolute atomic E-state index is 5.85. The third-order valence-electron chi connectivity index (χ3n) is 2.57. The summed E-state index contributed by atoms with van der Waals surface area (Å²) in [6, 6.07) is 20.1. The van der Waals surface area contributed by atoms with E-state index in [2.05, 4.69) is 18.7 Å². The molecule has 0 saturated heterocycles. The molecule has 0 aliphatic rings. The van der Waals surface area contributed by atoms with E-state index in [1.165, 1.54) is 5.56 Å². The maximum atomic E-state index is 5.85.